The van der Waals surface area contributed by atoms with E-state index >= 15 is 0 Å². The van der Waals surface area contributed by atoms with Crippen LogP contribution >= 0.6 is 0 Å². The van der Waals surface area contributed by atoms with E-state index < -0.39 is 17.2 Å². The fraction of sp³-hybridized carbons (Fsp3) is 0.320. The second kappa shape index (κ2) is 8.02. The Bertz CT molecular complexity index is 1210. The molecular formula is C25H26N2O4. The molecule has 0 spiro atoms. The Morgan fingerprint density at radius 1 is 0.968 bits per heavy atom. The predicted octanol–water partition coefficient (Wildman–Crippen LogP) is 4.28. The molecule has 2 aromatic carbocycles. The second-order valence-electron chi connectivity index (χ2n) is 8.17. The van der Waals surface area contributed by atoms with E-state index in [1.807, 2.05) is 49.4 Å². The van der Waals surface area contributed by atoms with Gasteiger partial charge in [-0.1, -0.05) is 56.7 Å². The molecule has 2 heterocycles. The van der Waals surface area contributed by atoms with Gasteiger partial charge in [0.25, 0.3) is 5.91 Å². The van der Waals surface area contributed by atoms with Crippen LogP contribution in [0.15, 0.2) is 57.7 Å². The topological polar surface area (TPSA) is 79.6 Å². The summed E-state index contributed by atoms with van der Waals surface area (Å²) in [6.07, 6.45) is 2.82. The quantitative estimate of drug-likeness (QED) is 0.479. The van der Waals surface area contributed by atoms with Crippen LogP contribution in [0.2, 0.25) is 0 Å². The fourth-order valence-corrected chi connectivity index (χ4v) is 4.13. The predicted molar refractivity (Wildman–Crippen MR) is 119 cm³/mol. The van der Waals surface area contributed by atoms with E-state index in [-0.39, 0.29) is 12.5 Å². The summed E-state index contributed by atoms with van der Waals surface area (Å²) in [5.41, 5.74) is 2.37. The molecule has 160 valence electrons. The number of nitrogens with zero attached hydrogens (tertiary/aromatic N) is 1. The molecule has 1 fully saturated rings. The molecule has 1 saturated heterocycles. The molecule has 1 aromatic heterocycles. The third kappa shape index (κ3) is 3.74. The molecule has 4 rings (SSSR count). The molecule has 1 N–H and O–H groups in total. The fourth-order valence-electron chi connectivity index (χ4n) is 4.13. The highest BCUT2D eigenvalue weighted by Crippen LogP contribution is 2.31. The number of rotatable bonds is 6. The van der Waals surface area contributed by atoms with Gasteiger partial charge < -0.3 is 9.73 Å². The van der Waals surface area contributed by atoms with Gasteiger partial charge in [-0.25, -0.2) is 9.59 Å². The summed E-state index contributed by atoms with van der Waals surface area (Å²) in [4.78, 5) is 39.3. The van der Waals surface area contributed by atoms with Crippen molar-refractivity contribution in [2.75, 3.05) is 0 Å². The van der Waals surface area contributed by atoms with Crippen molar-refractivity contribution >= 4 is 22.9 Å². The Balaban J connectivity index is 1.66. The minimum Gasteiger partial charge on any atom is -0.423 e. The number of carbonyl (C=O) groups excluding carboxylic acids is 2. The van der Waals surface area contributed by atoms with Gasteiger partial charge in [0.05, 0.1) is 6.54 Å². The van der Waals surface area contributed by atoms with E-state index in [0.29, 0.717) is 11.1 Å². The van der Waals surface area contributed by atoms with Crippen LogP contribution in [0.25, 0.3) is 11.0 Å². The van der Waals surface area contributed by atoms with Crippen LogP contribution in [0.3, 0.4) is 0 Å². The number of amides is 3. The molecule has 1 aliphatic heterocycles. The minimum absolute atomic E-state index is 0.00173. The number of carbonyl (C=O) groups is 2. The summed E-state index contributed by atoms with van der Waals surface area (Å²) in [5, 5.41) is 3.55. The van der Waals surface area contributed by atoms with Crippen molar-refractivity contribution in [3.63, 3.8) is 0 Å². The molecule has 0 saturated carbocycles. The zero-order valence-corrected chi connectivity index (χ0v) is 18.0. The molecule has 1 atom stereocenters. The van der Waals surface area contributed by atoms with E-state index in [9.17, 15) is 14.4 Å². The maximum Gasteiger partial charge on any atom is 0.336 e. The van der Waals surface area contributed by atoms with Crippen LogP contribution < -0.4 is 10.9 Å². The molecule has 6 heteroatoms. The third-order valence-corrected chi connectivity index (χ3v) is 5.98. The molecular weight excluding hydrogens is 392 g/mol. The Kier molecular flexibility index (Phi) is 5.39. The number of hydrogen-bond donors (Lipinski definition) is 1. The monoisotopic (exact) mass is 418 g/mol. The van der Waals surface area contributed by atoms with Crippen LogP contribution in [-0.4, -0.2) is 16.8 Å². The maximum absolute atomic E-state index is 13.3. The molecule has 3 amide bonds. The van der Waals surface area contributed by atoms with Crippen LogP contribution in [0, 0.1) is 0 Å². The number of urea groups is 1. The third-order valence-electron chi connectivity index (χ3n) is 5.98. The smallest absolute Gasteiger partial charge is 0.336 e. The molecule has 0 bridgehead atoms. The zero-order valence-electron chi connectivity index (χ0n) is 18.0. The molecule has 0 radical (unpaired) electrons. The minimum atomic E-state index is -1.15. The average molecular weight is 418 g/mol. The van der Waals surface area contributed by atoms with Crippen LogP contribution in [0.4, 0.5) is 4.79 Å². The maximum atomic E-state index is 13.3. The summed E-state index contributed by atoms with van der Waals surface area (Å²) in [5.74, 6) is -0.340. The SMILES string of the molecule is CCCc1ccc([C@@]2(C)NC(=O)N(Cc3cc(=O)oc4cc(CC)ccc34)C2=O)cc1. The van der Waals surface area contributed by atoms with Gasteiger partial charge >= 0.3 is 11.7 Å². The van der Waals surface area contributed by atoms with Gasteiger partial charge in [0.2, 0.25) is 0 Å². The van der Waals surface area contributed by atoms with Gasteiger partial charge in [-0.2, -0.15) is 0 Å². The number of benzene rings is 2. The highest BCUT2D eigenvalue weighted by atomic mass is 16.4. The van der Waals surface area contributed by atoms with Gasteiger partial charge in [-0.05, 0) is 48.1 Å². The summed E-state index contributed by atoms with van der Waals surface area (Å²) >= 11 is 0. The summed E-state index contributed by atoms with van der Waals surface area (Å²) in [6.45, 7) is 5.85. The number of nitrogens with one attached hydrogen (secondary N) is 1. The van der Waals surface area contributed by atoms with Crippen molar-refractivity contribution in [1.29, 1.82) is 0 Å². The van der Waals surface area contributed by atoms with Crippen LogP contribution in [-0.2, 0) is 29.7 Å². The molecule has 31 heavy (non-hydrogen) atoms. The van der Waals surface area contributed by atoms with Crippen molar-refractivity contribution in [2.45, 2.75) is 52.1 Å². The average Bonchev–Trinajstić information content (AvgIpc) is 2.97. The first-order valence-electron chi connectivity index (χ1n) is 10.6. The first kappa shape index (κ1) is 20.8. The Morgan fingerprint density at radius 2 is 1.68 bits per heavy atom. The second-order valence-corrected chi connectivity index (χ2v) is 8.17. The molecule has 6 nitrogen and oxygen atoms in total. The lowest BCUT2D eigenvalue weighted by Crippen LogP contribution is -2.40. The van der Waals surface area contributed by atoms with Crippen molar-refractivity contribution in [3.8, 4) is 0 Å². The molecule has 3 aromatic rings. The Morgan fingerprint density at radius 3 is 2.35 bits per heavy atom. The lowest BCUT2D eigenvalue weighted by molar-refractivity contribution is -0.131. The molecule has 0 unspecified atom stereocenters. The van der Waals surface area contributed by atoms with Crippen molar-refractivity contribution < 1.29 is 14.0 Å². The zero-order chi connectivity index (χ0) is 22.2. The van der Waals surface area contributed by atoms with Crippen molar-refractivity contribution in [2.24, 2.45) is 0 Å². The first-order valence-corrected chi connectivity index (χ1v) is 10.6. The van der Waals surface area contributed by atoms with Crippen LogP contribution in [0.1, 0.15) is 49.4 Å². The normalized spacial score (nSPS) is 18.6. The number of aryl methyl sites for hydroxylation is 2. The van der Waals surface area contributed by atoms with E-state index in [0.717, 1.165) is 35.8 Å². The van der Waals surface area contributed by atoms with Gasteiger partial charge in [-0.3, -0.25) is 9.69 Å². The highest BCUT2D eigenvalue weighted by Gasteiger charge is 2.49. The molecule has 0 aliphatic carbocycles. The van der Waals surface area contributed by atoms with Crippen LogP contribution in [0.5, 0.6) is 0 Å². The van der Waals surface area contributed by atoms with Crippen molar-refractivity contribution in [3.05, 3.63) is 81.2 Å². The van der Waals surface area contributed by atoms with Gasteiger partial charge in [-0.15, -0.1) is 0 Å². The first-order chi connectivity index (χ1) is 14.9. The van der Waals surface area contributed by atoms with Gasteiger partial charge in [0.15, 0.2) is 0 Å². The van der Waals surface area contributed by atoms with Gasteiger partial charge in [0, 0.05) is 11.5 Å². The number of hydrogen-bond acceptors (Lipinski definition) is 4. The van der Waals surface area contributed by atoms with Gasteiger partial charge in [0.1, 0.15) is 11.1 Å². The van der Waals surface area contributed by atoms with E-state index in [1.165, 1.54) is 16.5 Å². The number of imide groups is 1. The highest BCUT2D eigenvalue weighted by molar-refractivity contribution is 6.07. The number of fused-ring (bicyclic) bond motifs is 1. The van der Waals surface area contributed by atoms with E-state index in [1.54, 1.807) is 6.92 Å². The standard InChI is InChI=1S/C25H26N2O4/c1-4-6-17-7-10-19(11-8-17)25(3)23(29)27(24(30)26-25)15-18-14-22(28)31-21-13-16(5-2)9-12-20(18)21/h7-14H,4-6,15H2,1-3H3,(H,26,30)/t25-/m1/s1. The van der Waals surface area contributed by atoms with Crippen molar-refractivity contribution in [1.82, 2.24) is 10.2 Å². The summed E-state index contributed by atoms with van der Waals surface area (Å²) in [6, 6.07) is 14.3. The molecule has 1 aliphatic rings. The van der Waals surface area contributed by atoms with E-state index in [4.69, 9.17) is 4.42 Å². The Labute approximate surface area is 180 Å². The van der Waals surface area contributed by atoms with E-state index in [2.05, 4.69) is 12.2 Å². The summed E-state index contributed by atoms with van der Waals surface area (Å²) in [7, 11) is 0. The lowest BCUT2D eigenvalue weighted by Gasteiger charge is -2.22. The summed E-state index contributed by atoms with van der Waals surface area (Å²) < 4.78 is 5.34. The Hall–Kier alpha value is -3.41. The lowest BCUT2D eigenvalue weighted by atomic mass is 9.91. The largest absolute Gasteiger partial charge is 0.423 e.